The third-order valence-electron chi connectivity index (χ3n) is 4.99. The van der Waals surface area contributed by atoms with E-state index < -0.39 is 0 Å². The number of nitrogens with zero attached hydrogens (tertiary/aromatic N) is 3. The zero-order chi connectivity index (χ0) is 23.9. The van der Waals surface area contributed by atoms with Crippen molar-refractivity contribution in [3.8, 4) is 11.5 Å². The molecule has 4 aromatic rings. The second-order valence-electron chi connectivity index (χ2n) is 7.75. The van der Waals surface area contributed by atoms with Gasteiger partial charge in [-0.1, -0.05) is 42.5 Å². The summed E-state index contributed by atoms with van der Waals surface area (Å²) in [6, 6.07) is 25.9. The molecule has 0 fully saturated rings. The van der Waals surface area contributed by atoms with Crippen molar-refractivity contribution in [2.24, 2.45) is 15.2 Å². The Hall–Kier alpha value is -4.65. The summed E-state index contributed by atoms with van der Waals surface area (Å²) in [5, 5.41) is 8.59. The van der Waals surface area contributed by atoms with Gasteiger partial charge in [-0.25, -0.2) is 0 Å². The Labute approximate surface area is 198 Å². The monoisotopic (exact) mass is 451 g/mol. The van der Waals surface area contributed by atoms with Crippen molar-refractivity contribution >= 4 is 34.7 Å². The van der Waals surface area contributed by atoms with E-state index in [2.05, 4.69) is 15.2 Å². The number of nitrogens with two attached hydrogens (primary N) is 2. The van der Waals surface area contributed by atoms with E-state index in [0.717, 1.165) is 16.7 Å². The SMILES string of the molecule is Cc1ccc(OOc2ccc(C)cc2N=Nc2ccccc2N)c(N=Cc2ccccc2N)c1. The number of azo groups is 1. The smallest absolute Gasteiger partial charge is 0.206 e. The second-order valence-corrected chi connectivity index (χ2v) is 7.75. The molecule has 170 valence electrons. The van der Waals surface area contributed by atoms with Crippen LogP contribution in [0.2, 0.25) is 0 Å². The van der Waals surface area contributed by atoms with Gasteiger partial charge in [0.05, 0.1) is 5.69 Å². The van der Waals surface area contributed by atoms with E-state index in [-0.39, 0.29) is 0 Å². The topological polar surface area (TPSA) is 108 Å². The third kappa shape index (κ3) is 5.58. The number of aryl methyl sites for hydroxylation is 2. The van der Waals surface area contributed by atoms with Crippen LogP contribution < -0.4 is 21.2 Å². The summed E-state index contributed by atoms with van der Waals surface area (Å²) in [5.41, 5.74) is 17.7. The minimum Gasteiger partial charge on any atom is -0.398 e. The minimum absolute atomic E-state index is 0.409. The molecule has 0 aliphatic heterocycles. The highest BCUT2D eigenvalue weighted by atomic mass is 17.2. The first-order valence-electron chi connectivity index (χ1n) is 10.7. The molecule has 0 saturated carbocycles. The maximum atomic E-state index is 6.02. The van der Waals surface area contributed by atoms with Gasteiger partial charge < -0.3 is 11.5 Å². The van der Waals surface area contributed by atoms with E-state index in [9.17, 15) is 0 Å². The molecule has 0 heterocycles. The van der Waals surface area contributed by atoms with E-state index in [4.69, 9.17) is 21.2 Å². The van der Waals surface area contributed by atoms with Gasteiger partial charge in [0.1, 0.15) is 17.1 Å². The fourth-order valence-electron chi connectivity index (χ4n) is 3.12. The molecule has 0 aliphatic rings. The highest BCUT2D eigenvalue weighted by Gasteiger charge is 2.10. The van der Waals surface area contributed by atoms with Crippen LogP contribution in [-0.2, 0) is 0 Å². The molecule has 0 bridgehead atoms. The van der Waals surface area contributed by atoms with Gasteiger partial charge in [0.2, 0.25) is 11.5 Å². The Balaban J connectivity index is 1.57. The normalized spacial score (nSPS) is 11.2. The number of hydrogen-bond acceptors (Lipinski definition) is 7. The molecular weight excluding hydrogens is 426 g/mol. The lowest BCUT2D eigenvalue weighted by molar-refractivity contribution is -0.0987. The highest BCUT2D eigenvalue weighted by Crippen LogP contribution is 2.34. The van der Waals surface area contributed by atoms with Gasteiger partial charge in [0.25, 0.3) is 0 Å². The lowest BCUT2D eigenvalue weighted by Crippen LogP contribution is -2.01. The number of benzene rings is 4. The molecule has 4 aromatic carbocycles. The van der Waals surface area contributed by atoms with Gasteiger partial charge >= 0.3 is 0 Å². The number of aliphatic imine (C=N–C) groups is 1. The van der Waals surface area contributed by atoms with Crippen LogP contribution in [0, 0.1) is 13.8 Å². The molecule has 0 unspecified atom stereocenters. The fraction of sp³-hybridized carbons (Fsp3) is 0.0741. The number of hydrogen-bond donors (Lipinski definition) is 2. The molecule has 0 amide bonds. The zero-order valence-electron chi connectivity index (χ0n) is 19.0. The Bertz CT molecular complexity index is 1260. The molecular formula is C27H25N5O2. The average molecular weight is 452 g/mol. The second kappa shape index (κ2) is 10.3. The van der Waals surface area contributed by atoms with Gasteiger partial charge in [0.15, 0.2) is 0 Å². The van der Waals surface area contributed by atoms with E-state index >= 15 is 0 Å². The standard InChI is InChI=1S/C27H25N5O2/c1-18-11-13-26(24(15-18)30-17-20-7-3-4-8-21(20)28)33-34-27-14-12-19(2)16-25(27)32-31-23-10-6-5-9-22(23)29/h3-17H,28-29H2,1-2H3. The Morgan fingerprint density at radius 2 is 1.18 bits per heavy atom. The maximum Gasteiger partial charge on any atom is 0.206 e. The largest absolute Gasteiger partial charge is 0.398 e. The van der Waals surface area contributed by atoms with Crippen LogP contribution in [0.25, 0.3) is 0 Å². The Morgan fingerprint density at radius 1 is 0.618 bits per heavy atom. The molecule has 0 saturated heterocycles. The van der Waals surface area contributed by atoms with Gasteiger partial charge in [-0.3, -0.25) is 14.8 Å². The molecule has 0 spiro atoms. The van der Waals surface area contributed by atoms with Crippen molar-refractivity contribution in [1.29, 1.82) is 0 Å². The molecule has 4 N–H and O–H groups in total. The van der Waals surface area contributed by atoms with Crippen LogP contribution in [-0.4, -0.2) is 6.21 Å². The number of rotatable bonds is 7. The Morgan fingerprint density at radius 3 is 1.85 bits per heavy atom. The summed E-state index contributed by atoms with van der Waals surface area (Å²) >= 11 is 0. The van der Waals surface area contributed by atoms with Gasteiger partial charge in [-0.05, 0) is 67.4 Å². The summed E-state index contributed by atoms with van der Waals surface area (Å²) in [5.74, 6) is 0.860. The summed E-state index contributed by atoms with van der Waals surface area (Å²) < 4.78 is 0. The van der Waals surface area contributed by atoms with Crippen molar-refractivity contribution < 1.29 is 9.78 Å². The van der Waals surface area contributed by atoms with Crippen molar-refractivity contribution in [3.63, 3.8) is 0 Å². The van der Waals surface area contributed by atoms with E-state index in [1.165, 1.54) is 0 Å². The lowest BCUT2D eigenvalue weighted by Gasteiger charge is -2.10. The van der Waals surface area contributed by atoms with Crippen LogP contribution in [0.1, 0.15) is 16.7 Å². The molecule has 4 rings (SSSR count). The quantitative estimate of drug-likeness (QED) is 0.104. The Kier molecular flexibility index (Phi) is 6.84. The first-order valence-corrected chi connectivity index (χ1v) is 10.7. The van der Waals surface area contributed by atoms with E-state index in [1.54, 1.807) is 30.5 Å². The van der Waals surface area contributed by atoms with Crippen LogP contribution in [0.5, 0.6) is 11.5 Å². The summed E-state index contributed by atoms with van der Waals surface area (Å²) in [6.45, 7) is 3.94. The molecule has 7 nitrogen and oxygen atoms in total. The van der Waals surface area contributed by atoms with Crippen molar-refractivity contribution in [2.75, 3.05) is 11.5 Å². The van der Waals surface area contributed by atoms with Crippen molar-refractivity contribution in [2.45, 2.75) is 13.8 Å². The van der Waals surface area contributed by atoms with Crippen molar-refractivity contribution in [1.82, 2.24) is 0 Å². The van der Waals surface area contributed by atoms with Crippen LogP contribution >= 0.6 is 0 Å². The molecule has 0 aromatic heterocycles. The number of anilines is 2. The fourth-order valence-corrected chi connectivity index (χ4v) is 3.12. The molecule has 34 heavy (non-hydrogen) atoms. The van der Waals surface area contributed by atoms with Crippen LogP contribution in [0.15, 0.2) is 100 Å². The first-order chi connectivity index (χ1) is 16.5. The van der Waals surface area contributed by atoms with E-state index in [0.29, 0.717) is 39.9 Å². The lowest BCUT2D eigenvalue weighted by atomic mass is 10.2. The predicted molar refractivity (Wildman–Crippen MR) is 137 cm³/mol. The molecule has 0 atom stereocenters. The van der Waals surface area contributed by atoms with Crippen LogP contribution in [0.3, 0.4) is 0 Å². The van der Waals surface area contributed by atoms with Crippen LogP contribution in [0.4, 0.5) is 28.4 Å². The number of para-hydroxylation sites is 2. The van der Waals surface area contributed by atoms with E-state index in [1.807, 2.05) is 74.5 Å². The van der Waals surface area contributed by atoms with Gasteiger partial charge in [-0.15, -0.1) is 10.2 Å². The minimum atomic E-state index is 0.409. The molecule has 7 heteroatoms. The van der Waals surface area contributed by atoms with Gasteiger partial charge in [0, 0.05) is 17.5 Å². The van der Waals surface area contributed by atoms with Crippen molar-refractivity contribution in [3.05, 3.63) is 102 Å². The zero-order valence-corrected chi connectivity index (χ0v) is 19.0. The summed E-state index contributed by atoms with van der Waals surface area (Å²) in [7, 11) is 0. The molecule has 0 radical (unpaired) electrons. The average Bonchev–Trinajstić information content (AvgIpc) is 2.83. The highest BCUT2D eigenvalue weighted by molar-refractivity contribution is 5.88. The van der Waals surface area contributed by atoms with Gasteiger partial charge in [-0.2, -0.15) is 0 Å². The summed E-state index contributed by atoms with van der Waals surface area (Å²) in [6.07, 6.45) is 1.70. The number of nitrogen functional groups attached to an aromatic ring is 2. The summed E-state index contributed by atoms with van der Waals surface area (Å²) in [4.78, 5) is 15.9. The first kappa shape index (κ1) is 22.5. The molecule has 0 aliphatic carbocycles. The third-order valence-corrected chi connectivity index (χ3v) is 4.99. The maximum absolute atomic E-state index is 6.02. The predicted octanol–water partition coefficient (Wildman–Crippen LogP) is 7.01.